The maximum absolute atomic E-state index is 12.6. The van der Waals surface area contributed by atoms with Crippen molar-refractivity contribution in [2.75, 3.05) is 24.6 Å². The maximum atomic E-state index is 12.6. The molecule has 0 spiro atoms. The smallest absolute Gasteiger partial charge is 0.224 e. The maximum Gasteiger partial charge on any atom is 0.224 e. The van der Waals surface area contributed by atoms with E-state index in [2.05, 4.69) is 24.1 Å². The number of rotatable bonds is 5. The molecule has 1 saturated carbocycles. The molecule has 1 amide bonds. The van der Waals surface area contributed by atoms with Crippen LogP contribution in [0.15, 0.2) is 0 Å². The monoisotopic (exact) mass is 320 g/mol. The third-order valence-electron chi connectivity index (χ3n) is 4.07. The van der Waals surface area contributed by atoms with Gasteiger partial charge in [-0.05, 0) is 18.8 Å². The lowest BCUT2D eigenvalue weighted by molar-refractivity contribution is -0.134. The number of amides is 1. The SMILES string of the molecule is CC(C)CN(C(=O)CC1CSCCN1)C1CCCC1.Cl. The Hall–Kier alpha value is 0.0700. The predicted molar refractivity (Wildman–Crippen MR) is 89.8 cm³/mol. The van der Waals surface area contributed by atoms with Crippen molar-refractivity contribution in [1.29, 1.82) is 0 Å². The van der Waals surface area contributed by atoms with Gasteiger partial charge in [-0.2, -0.15) is 11.8 Å². The van der Waals surface area contributed by atoms with E-state index < -0.39 is 0 Å². The van der Waals surface area contributed by atoms with Crippen LogP contribution in [0.4, 0.5) is 0 Å². The van der Waals surface area contributed by atoms with Gasteiger partial charge < -0.3 is 10.2 Å². The van der Waals surface area contributed by atoms with Crippen LogP contribution in [-0.4, -0.2) is 47.5 Å². The Morgan fingerprint density at radius 2 is 2.05 bits per heavy atom. The minimum absolute atomic E-state index is 0. The van der Waals surface area contributed by atoms with Crippen LogP contribution in [0, 0.1) is 5.92 Å². The number of halogens is 1. The topological polar surface area (TPSA) is 32.3 Å². The van der Waals surface area contributed by atoms with E-state index in [1.165, 1.54) is 31.4 Å². The van der Waals surface area contributed by atoms with Crippen LogP contribution in [-0.2, 0) is 4.79 Å². The second-order valence-electron chi connectivity index (χ2n) is 6.31. The van der Waals surface area contributed by atoms with Crippen molar-refractivity contribution in [3.8, 4) is 0 Å². The lowest BCUT2D eigenvalue weighted by Crippen LogP contribution is -2.46. The summed E-state index contributed by atoms with van der Waals surface area (Å²) in [5.41, 5.74) is 0. The first-order valence-corrected chi connectivity index (χ1v) is 8.93. The molecule has 20 heavy (non-hydrogen) atoms. The van der Waals surface area contributed by atoms with E-state index in [0.717, 1.165) is 18.8 Å². The van der Waals surface area contributed by atoms with Crippen molar-refractivity contribution in [2.24, 2.45) is 5.92 Å². The van der Waals surface area contributed by atoms with Crippen LogP contribution < -0.4 is 5.32 Å². The second kappa shape index (κ2) is 9.16. The van der Waals surface area contributed by atoms with Crippen molar-refractivity contribution < 1.29 is 4.79 Å². The van der Waals surface area contributed by atoms with Crippen LogP contribution in [0.2, 0.25) is 0 Å². The fourth-order valence-corrected chi connectivity index (χ4v) is 4.09. The summed E-state index contributed by atoms with van der Waals surface area (Å²) >= 11 is 1.97. The number of nitrogens with zero attached hydrogens (tertiary/aromatic N) is 1. The van der Waals surface area contributed by atoms with E-state index in [4.69, 9.17) is 0 Å². The Balaban J connectivity index is 0.00000200. The summed E-state index contributed by atoms with van der Waals surface area (Å²) in [7, 11) is 0. The van der Waals surface area contributed by atoms with Gasteiger partial charge in [-0.25, -0.2) is 0 Å². The average molecular weight is 321 g/mol. The van der Waals surface area contributed by atoms with Gasteiger partial charge in [-0.15, -0.1) is 12.4 Å². The molecule has 5 heteroatoms. The summed E-state index contributed by atoms with van der Waals surface area (Å²) in [5.74, 6) is 3.22. The number of hydrogen-bond acceptors (Lipinski definition) is 3. The largest absolute Gasteiger partial charge is 0.339 e. The molecule has 1 saturated heterocycles. The van der Waals surface area contributed by atoms with Crippen molar-refractivity contribution >= 4 is 30.1 Å². The molecule has 2 fully saturated rings. The van der Waals surface area contributed by atoms with E-state index in [1.54, 1.807) is 0 Å². The molecule has 1 aliphatic heterocycles. The zero-order valence-electron chi connectivity index (χ0n) is 12.8. The molecule has 0 aromatic carbocycles. The molecule has 0 radical (unpaired) electrons. The van der Waals surface area contributed by atoms with Gasteiger partial charge in [0.15, 0.2) is 0 Å². The Morgan fingerprint density at radius 1 is 1.35 bits per heavy atom. The summed E-state index contributed by atoms with van der Waals surface area (Å²) in [5, 5.41) is 3.48. The molecule has 2 aliphatic rings. The quantitative estimate of drug-likeness (QED) is 0.845. The summed E-state index contributed by atoms with van der Waals surface area (Å²) in [6.07, 6.45) is 5.71. The number of thioether (sulfide) groups is 1. The standard InChI is InChI=1S/C15H28N2OS.ClH/c1-12(2)10-17(14-5-3-4-6-14)15(18)9-13-11-19-8-7-16-13;/h12-14,16H,3-11H2,1-2H3;1H. The van der Waals surface area contributed by atoms with Crippen molar-refractivity contribution in [2.45, 2.75) is 58.0 Å². The number of nitrogens with one attached hydrogen (secondary N) is 1. The van der Waals surface area contributed by atoms with Gasteiger partial charge in [-0.1, -0.05) is 26.7 Å². The zero-order valence-corrected chi connectivity index (χ0v) is 14.4. The zero-order chi connectivity index (χ0) is 13.7. The predicted octanol–water partition coefficient (Wildman–Crippen LogP) is 2.93. The van der Waals surface area contributed by atoms with Crippen LogP contribution in [0.3, 0.4) is 0 Å². The molecule has 3 nitrogen and oxygen atoms in total. The van der Waals surface area contributed by atoms with Crippen LogP contribution in [0.1, 0.15) is 46.0 Å². The van der Waals surface area contributed by atoms with Crippen LogP contribution in [0.25, 0.3) is 0 Å². The van der Waals surface area contributed by atoms with E-state index in [0.29, 0.717) is 30.3 Å². The molecular weight excluding hydrogens is 292 g/mol. The van der Waals surface area contributed by atoms with Gasteiger partial charge in [0.25, 0.3) is 0 Å². The molecule has 2 rings (SSSR count). The number of hydrogen-bond donors (Lipinski definition) is 1. The first-order chi connectivity index (χ1) is 9.16. The highest BCUT2D eigenvalue weighted by atomic mass is 35.5. The van der Waals surface area contributed by atoms with Gasteiger partial charge >= 0.3 is 0 Å². The molecular formula is C15H29ClN2OS. The van der Waals surface area contributed by atoms with Gasteiger partial charge in [0.05, 0.1) is 0 Å². The first kappa shape index (κ1) is 18.1. The minimum Gasteiger partial charge on any atom is -0.339 e. The van der Waals surface area contributed by atoms with E-state index in [1.807, 2.05) is 11.8 Å². The summed E-state index contributed by atoms with van der Waals surface area (Å²) < 4.78 is 0. The van der Waals surface area contributed by atoms with Gasteiger partial charge in [0.2, 0.25) is 5.91 Å². The van der Waals surface area contributed by atoms with E-state index in [9.17, 15) is 4.79 Å². The molecule has 118 valence electrons. The number of carbonyl (C=O) groups is 1. The Labute approximate surface area is 134 Å². The van der Waals surface area contributed by atoms with Crippen molar-refractivity contribution in [3.63, 3.8) is 0 Å². The fourth-order valence-electron chi connectivity index (χ4n) is 3.14. The molecule has 1 atom stereocenters. The molecule has 0 aromatic heterocycles. The molecule has 0 aromatic rings. The summed E-state index contributed by atoms with van der Waals surface area (Å²) in [6.45, 7) is 6.41. The third kappa shape index (κ3) is 5.45. The number of carbonyl (C=O) groups excluding carboxylic acids is 1. The normalized spacial score (nSPS) is 23.6. The van der Waals surface area contributed by atoms with Crippen molar-refractivity contribution in [1.82, 2.24) is 10.2 Å². The molecule has 0 bridgehead atoms. The molecule has 1 N–H and O–H groups in total. The summed E-state index contributed by atoms with van der Waals surface area (Å²) in [4.78, 5) is 14.8. The van der Waals surface area contributed by atoms with Crippen molar-refractivity contribution in [3.05, 3.63) is 0 Å². The lowest BCUT2D eigenvalue weighted by atomic mass is 10.1. The molecule has 1 aliphatic carbocycles. The van der Waals surface area contributed by atoms with Crippen LogP contribution >= 0.6 is 24.2 Å². The third-order valence-corrected chi connectivity index (χ3v) is 5.20. The highest BCUT2D eigenvalue weighted by Crippen LogP contribution is 2.25. The fraction of sp³-hybridized carbons (Fsp3) is 0.933. The second-order valence-corrected chi connectivity index (χ2v) is 7.46. The van der Waals surface area contributed by atoms with Gasteiger partial charge in [-0.3, -0.25) is 4.79 Å². The summed E-state index contributed by atoms with van der Waals surface area (Å²) in [6, 6.07) is 0.911. The first-order valence-electron chi connectivity index (χ1n) is 7.77. The highest BCUT2D eigenvalue weighted by molar-refractivity contribution is 7.99. The van der Waals surface area contributed by atoms with Crippen LogP contribution in [0.5, 0.6) is 0 Å². The Morgan fingerprint density at radius 3 is 2.60 bits per heavy atom. The lowest BCUT2D eigenvalue weighted by Gasteiger charge is -2.33. The minimum atomic E-state index is 0. The Bertz CT molecular complexity index is 290. The molecule has 1 heterocycles. The van der Waals surface area contributed by atoms with Gasteiger partial charge in [0, 0.05) is 43.1 Å². The van der Waals surface area contributed by atoms with Gasteiger partial charge in [0.1, 0.15) is 0 Å². The Kier molecular flexibility index (Phi) is 8.30. The molecule has 1 unspecified atom stereocenters. The average Bonchev–Trinajstić information content (AvgIpc) is 2.90. The highest BCUT2D eigenvalue weighted by Gasteiger charge is 2.28. The van der Waals surface area contributed by atoms with E-state index >= 15 is 0 Å². The van der Waals surface area contributed by atoms with E-state index in [-0.39, 0.29) is 12.4 Å².